The van der Waals surface area contributed by atoms with E-state index in [4.69, 9.17) is 0 Å². The quantitative estimate of drug-likeness (QED) is 0.525. The van der Waals surface area contributed by atoms with Crippen LogP contribution in [0, 0.1) is 6.92 Å². The van der Waals surface area contributed by atoms with Crippen LogP contribution in [0.15, 0.2) is 66.3 Å². The van der Waals surface area contributed by atoms with Gasteiger partial charge in [-0.25, -0.2) is 4.98 Å². The molecule has 0 aliphatic rings. The fourth-order valence-electron chi connectivity index (χ4n) is 2.97. The minimum atomic E-state index is -0.664. The second kappa shape index (κ2) is 7.89. The molecule has 0 fully saturated rings. The number of carbonyl (C=O) groups excluding carboxylic acids is 2. The van der Waals surface area contributed by atoms with E-state index in [1.807, 2.05) is 65.5 Å². The molecular formula is C22H20N4O2S. The van der Waals surface area contributed by atoms with E-state index in [1.165, 1.54) is 0 Å². The Hall–Kier alpha value is -3.45. The summed E-state index contributed by atoms with van der Waals surface area (Å²) in [5.74, 6) is -0.548. The number of hydrogen-bond acceptors (Lipinski definition) is 4. The number of nitrogens with zero attached hydrogens (tertiary/aromatic N) is 2. The first kappa shape index (κ1) is 18.9. The van der Waals surface area contributed by atoms with Crippen molar-refractivity contribution >= 4 is 33.8 Å². The van der Waals surface area contributed by atoms with Gasteiger partial charge < -0.3 is 10.6 Å². The number of rotatable bonds is 5. The normalized spacial score (nSPS) is 11.9. The molecule has 1 unspecified atom stereocenters. The van der Waals surface area contributed by atoms with E-state index in [-0.39, 0.29) is 11.8 Å². The van der Waals surface area contributed by atoms with E-state index in [0.717, 1.165) is 21.8 Å². The number of aryl methyl sites for hydroxylation is 1. The number of hydrogen-bond donors (Lipinski definition) is 2. The van der Waals surface area contributed by atoms with Crippen molar-refractivity contribution in [1.29, 1.82) is 0 Å². The first-order chi connectivity index (χ1) is 14.0. The van der Waals surface area contributed by atoms with Gasteiger partial charge in [-0.1, -0.05) is 29.8 Å². The molecule has 2 amide bonds. The molecule has 0 saturated carbocycles. The van der Waals surface area contributed by atoms with E-state index in [9.17, 15) is 9.59 Å². The molecule has 4 rings (SSSR count). The molecule has 7 heteroatoms. The molecule has 0 spiro atoms. The van der Waals surface area contributed by atoms with Crippen LogP contribution in [0.25, 0.3) is 16.2 Å². The number of imidazole rings is 1. The van der Waals surface area contributed by atoms with Gasteiger partial charge in [-0.05, 0) is 38.1 Å². The van der Waals surface area contributed by atoms with Crippen LogP contribution in [0.1, 0.15) is 22.8 Å². The Morgan fingerprint density at radius 2 is 1.93 bits per heavy atom. The van der Waals surface area contributed by atoms with Crippen molar-refractivity contribution in [2.75, 3.05) is 5.32 Å². The highest BCUT2D eigenvalue weighted by atomic mass is 32.1. The first-order valence-corrected chi connectivity index (χ1v) is 10.1. The molecule has 6 nitrogen and oxygen atoms in total. The highest BCUT2D eigenvalue weighted by Crippen LogP contribution is 2.23. The maximum atomic E-state index is 12.4. The van der Waals surface area contributed by atoms with Gasteiger partial charge >= 0.3 is 0 Å². The number of carbonyl (C=O) groups is 2. The van der Waals surface area contributed by atoms with Crippen molar-refractivity contribution in [2.24, 2.45) is 0 Å². The van der Waals surface area contributed by atoms with E-state index in [1.54, 1.807) is 30.4 Å². The van der Waals surface area contributed by atoms with Crippen LogP contribution in [-0.4, -0.2) is 27.2 Å². The second-order valence-corrected chi connectivity index (χ2v) is 7.72. The van der Waals surface area contributed by atoms with E-state index in [0.29, 0.717) is 11.3 Å². The summed E-state index contributed by atoms with van der Waals surface area (Å²) in [6.07, 6.45) is 3.94. The van der Waals surface area contributed by atoms with Crippen LogP contribution in [0.3, 0.4) is 0 Å². The molecule has 0 saturated heterocycles. The van der Waals surface area contributed by atoms with Crippen LogP contribution < -0.4 is 10.6 Å². The van der Waals surface area contributed by atoms with Crippen LogP contribution in [-0.2, 0) is 4.79 Å². The molecule has 1 atom stereocenters. The lowest BCUT2D eigenvalue weighted by molar-refractivity contribution is -0.117. The van der Waals surface area contributed by atoms with Gasteiger partial charge in [0.2, 0.25) is 5.91 Å². The fraction of sp³-hybridized carbons (Fsp3) is 0.136. The molecule has 0 bridgehead atoms. The number of fused-ring (bicyclic) bond motifs is 1. The van der Waals surface area contributed by atoms with Crippen LogP contribution in [0.2, 0.25) is 0 Å². The van der Waals surface area contributed by atoms with Gasteiger partial charge in [0.1, 0.15) is 6.04 Å². The maximum Gasteiger partial charge on any atom is 0.251 e. The Bertz CT molecular complexity index is 1150. The number of anilines is 1. The lowest BCUT2D eigenvalue weighted by atomic mass is 10.1. The number of amides is 2. The molecule has 0 aliphatic heterocycles. The monoisotopic (exact) mass is 404 g/mol. The van der Waals surface area contributed by atoms with Crippen molar-refractivity contribution < 1.29 is 9.59 Å². The van der Waals surface area contributed by atoms with Gasteiger partial charge in [-0.3, -0.25) is 14.0 Å². The summed E-state index contributed by atoms with van der Waals surface area (Å²) in [6, 6.07) is 14.1. The van der Waals surface area contributed by atoms with Gasteiger partial charge in [0.05, 0.1) is 5.69 Å². The highest BCUT2D eigenvalue weighted by molar-refractivity contribution is 7.15. The van der Waals surface area contributed by atoms with Crippen molar-refractivity contribution in [2.45, 2.75) is 19.9 Å². The third-order valence-electron chi connectivity index (χ3n) is 4.56. The molecule has 2 heterocycles. The summed E-state index contributed by atoms with van der Waals surface area (Å²) in [6.45, 7) is 3.58. The summed E-state index contributed by atoms with van der Waals surface area (Å²) in [7, 11) is 0. The number of thiazole rings is 1. The zero-order valence-corrected chi connectivity index (χ0v) is 16.9. The molecule has 146 valence electrons. The average Bonchev–Trinajstić information content (AvgIpc) is 3.30. The third kappa shape index (κ3) is 4.20. The van der Waals surface area contributed by atoms with Crippen LogP contribution in [0.4, 0.5) is 5.69 Å². The average molecular weight is 404 g/mol. The predicted molar refractivity (Wildman–Crippen MR) is 115 cm³/mol. The molecule has 29 heavy (non-hydrogen) atoms. The zero-order chi connectivity index (χ0) is 20.4. The molecule has 2 N–H and O–H groups in total. The largest absolute Gasteiger partial charge is 0.341 e. The molecule has 2 aromatic heterocycles. The minimum Gasteiger partial charge on any atom is -0.341 e. The summed E-state index contributed by atoms with van der Waals surface area (Å²) in [5, 5.41) is 7.55. The van der Waals surface area contributed by atoms with Gasteiger partial charge in [-0.15, -0.1) is 11.3 Å². The Morgan fingerprint density at radius 1 is 1.14 bits per heavy atom. The summed E-state index contributed by atoms with van der Waals surface area (Å²) in [5.41, 5.74) is 4.05. The fourth-order valence-corrected chi connectivity index (χ4v) is 3.67. The summed E-state index contributed by atoms with van der Waals surface area (Å²) in [4.78, 5) is 30.3. The Balaban J connectivity index is 1.38. The Kier molecular flexibility index (Phi) is 5.14. The predicted octanol–water partition coefficient (Wildman–Crippen LogP) is 4.13. The van der Waals surface area contributed by atoms with Crippen LogP contribution in [0.5, 0.6) is 0 Å². The van der Waals surface area contributed by atoms with Crippen molar-refractivity contribution in [3.05, 3.63) is 77.4 Å². The topological polar surface area (TPSA) is 75.5 Å². The zero-order valence-electron chi connectivity index (χ0n) is 16.0. The number of benzene rings is 2. The van der Waals surface area contributed by atoms with E-state index in [2.05, 4.69) is 15.6 Å². The maximum absolute atomic E-state index is 12.4. The molecule has 0 aliphatic carbocycles. The van der Waals surface area contributed by atoms with E-state index < -0.39 is 6.04 Å². The van der Waals surface area contributed by atoms with Crippen molar-refractivity contribution in [3.63, 3.8) is 0 Å². The van der Waals surface area contributed by atoms with E-state index >= 15 is 0 Å². The summed E-state index contributed by atoms with van der Waals surface area (Å²) < 4.78 is 1.98. The second-order valence-electron chi connectivity index (χ2n) is 6.85. The van der Waals surface area contributed by atoms with Gasteiger partial charge in [0, 0.05) is 34.6 Å². The SMILES string of the molecule is Cc1cccc(C(=O)NC(C)C(=O)Nc2ccc(-c3cn4ccsc4n3)cc2)c1. The van der Waals surface area contributed by atoms with Crippen molar-refractivity contribution in [3.8, 4) is 11.3 Å². The minimum absolute atomic E-state index is 0.272. The molecule has 2 aromatic carbocycles. The lowest BCUT2D eigenvalue weighted by Crippen LogP contribution is -2.41. The van der Waals surface area contributed by atoms with Crippen molar-refractivity contribution in [1.82, 2.24) is 14.7 Å². The number of aromatic nitrogens is 2. The highest BCUT2D eigenvalue weighted by Gasteiger charge is 2.17. The third-order valence-corrected chi connectivity index (χ3v) is 5.33. The lowest BCUT2D eigenvalue weighted by Gasteiger charge is -2.14. The van der Waals surface area contributed by atoms with Gasteiger partial charge in [-0.2, -0.15) is 0 Å². The van der Waals surface area contributed by atoms with Gasteiger partial charge in [0.25, 0.3) is 5.91 Å². The first-order valence-electron chi connectivity index (χ1n) is 9.20. The van der Waals surface area contributed by atoms with Crippen LogP contribution >= 0.6 is 11.3 Å². The van der Waals surface area contributed by atoms with Gasteiger partial charge in [0.15, 0.2) is 4.96 Å². The molecule has 4 aromatic rings. The Morgan fingerprint density at radius 3 is 2.66 bits per heavy atom. The number of nitrogens with one attached hydrogen (secondary N) is 2. The molecular weight excluding hydrogens is 384 g/mol. The smallest absolute Gasteiger partial charge is 0.251 e. The summed E-state index contributed by atoms with van der Waals surface area (Å²) >= 11 is 1.58. The molecule has 0 radical (unpaired) electrons. The Labute approximate surface area is 172 Å². The standard InChI is InChI=1S/C22H20N4O2S/c1-14-4-3-5-17(12-14)21(28)23-15(2)20(27)24-18-8-6-16(7-9-18)19-13-26-10-11-29-22(26)25-19/h3-13,15H,1-2H3,(H,23,28)(H,24,27).